The van der Waals surface area contributed by atoms with Crippen molar-refractivity contribution in [1.82, 2.24) is 0 Å². The van der Waals surface area contributed by atoms with Crippen LogP contribution in [-0.2, 0) is 0 Å². The van der Waals surface area contributed by atoms with Crippen molar-refractivity contribution < 1.29 is 0 Å². The van der Waals surface area contributed by atoms with E-state index < -0.39 is 0 Å². The Morgan fingerprint density at radius 2 is 1.91 bits per heavy atom. The molecule has 0 N–H and O–H groups in total. The number of hydrogen-bond donors (Lipinski definition) is 0. The first-order chi connectivity index (χ1) is 5.31. The summed E-state index contributed by atoms with van der Waals surface area (Å²) >= 11 is 0. The summed E-state index contributed by atoms with van der Waals surface area (Å²) in [5, 5.41) is 0. The predicted molar refractivity (Wildman–Crippen MR) is 52.7 cm³/mol. The van der Waals surface area contributed by atoms with E-state index in [0.717, 1.165) is 5.92 Å². The van der Waals surface area contributed by atoms with Gasteiger partial charge in [-0.15, -0.1) is 0 Å². The molecule has 0 saturated carbocycles. The smallest absolute Gasteiger partial charge is 0.0262 e. The summed E-state index contributed by atoms with van der Waals surface area (Å²) in [6.45, 7) is 6.78. The van der Waals surface area contributed by atoms with Gasteiger partial charge < -0.3 is 0 Å². The molecule has 0 aliphatic carbocycles. The molecule has 11 heavy (non-hydrogen) atoms. The van der Waals surface area contributed by atoms with Crippen LogP contribution in [0.2, 0.25) is 0 Å². The molecule has 0 spiro atoms. The third-order valence-electron chi connectivity index (χ3n) is 1.93. The van der Waals surface area contributed by atoms with Gasteiger partial charge in [0.1, 0.15) is 0 Å². The normalized spacial score (nSPS) is 14.1. The fraction of sp³-hybridized carbons (Fsp3) is 0.818. The highest BCUT2D eigenvalue weighted by atomic mass is 14.0. The van der Waals surface area contributed by atoms with Crippen LogP contribution in [0, 0.1) is 5.92 Å². The fourth-order valence-electron chi connectivity index (χ4n) is 1.12. The van der Waals surface area contributed by atoms with Crippen LogP contribution in [0.4, 0.5) is 0 Å². The highest BCUT2D eigenvalue weighted by Crippen LogP contribution is 2.09. The van der Waals surface area contributed by atoms with Crippen molar-refractivity contribution in [3.05, 3.63) is 12.2 Å². The molecule has 0 aliphatic heterocycles. The Kier molecular flexibility index (Phi) is 7.66. The van der Waals surface area contributed by atoms with E-state index >= 15 is 0 Å². The Labute approximate surface area is 71.7 Å². The van der Waals surface area contributed by atoms with Crippen molar-refractivity contribution in [3.8, 4) is 0 Å². The van der Waals surface area contributed by atoms with E-state index in [2.05, 4.69) is 32.9 Å². The van der Waals surface area contributed by atoms with E-state index in [1.54, 1.807) is 0 Å². The second kappa shape index (κ2) is 7.84. The van der Waals surface area contributed by atoms with Crippen LogP contribution < -0.4 is 0 Å². The molecule has 1 unspecified atom stereocenters. The summed E-state index contributed by atoms with van der Waals surface area (Å²) in [6.07, 6.45) is 11.3. The van der Waals surface area contributed by atoms with Crippen molar-refractivity contribution in [2.45, 2.75) is 52.9 Å². The molecule has 0 aromatic carbocycles. The molecular weight excluding hydrogens is 132 g/mol. The molecule has 0 saturated heterocycles. The lowest BCUT2D eigenvalue weighted by molar-refractivity contribution is 0.596. The molecule has 0 fully saturated rings. The molecule has 0 aromatic rings. The monoisotopic (exact) mass is 154 g/mol. The second-order valence-corrected chi connectivity index (χ2v) is 3.34. The molecule has 0 heterocycles. The van der Waals surface area contributed by atoms with Gasteiger partial charge in [0.15, 0.2) is 0 Å². The van der Waals surface area contributed by atoms with Gasteiger partial charge >= 0.3 is 0 Å². The lowest BCUT2D eigenvalue weighted by Gasteiger charge is -2.03. The topological polar surface area (TPSA) is 0 Å². The Bertz CT molecular complexity index is 92.2. The fourth-order valence-corrected chi connectivity index (χ4v) is 1.12. The maximum Gasteiger partial charge on any atom is -0.0262 e. The summed E-state index contributed by atoms with van der Waals surface area (Å²) < 4.78 is 0. The summed E-state index contributed by atoms with van der Waals surface area (Å²) in [6, 6.07) is 0. The maximum atomic E-state index is 2.36. The van der Waals surface area contributed by atoms with E-state index in [4.69, 9.17) is 0 Å². The van der Waals surface area contributed by atoms with Crippen molar-refractivity contribution >= 4 is 0 Å². The molecule has 0 bridgehead atoms. The number of rotatable bonds is 6. The average molecular weight is 154 g/mol. The Hall–Kier alpha value is -0.260. The van der Waals surface area contributed by atoms with Crippen molar-refractivity contribution in [2.75, 3.05) is 0 Å². The minimum atomic E-state index is 0.793. The summed E-state index contributed by atoms with van der Waals surface area (Å²) in [7, 11) is 0. The summed E-state index contributed by atoms with van der Waals surface area (Å²) in [5.74, 6) is 0.793. The molecular formula is C11H22. The Morgan fingerprint density at radius 3 is 2.45 bits per heavy atom. The largest absolute Gasteiger partial charge is 0.0883 e. The van der Waals surface area contributed by atoms with Gasteiger partial charge in [-0.25, -0.2) is 0 Å². The molecule has 0 rings (SSSR count). The van der Waals surface area contributed by atoms with E-state index in [-0.39, 0.29) is 0 Å². The van der Waals surface area contributed by atoms with Gasteiger partial charge in [0, 0.05) is 0 Å². The van der Waals surface area contributed by atoms with Gasteiger partial charge in [-0.2, -0.15) is 0 Å². The van der Waals surface area contributed by atoms with Gasteiger partial charge in [0.05, 0.1) is 0 Å². The van der Waals surface area contributed by atoms with E-state index in [1.165, 1.54) is 32.1 Å². The van der Waals surface area contributed by atoms with Gasteiger partial charge in [0.2, 0.25) is 0 Å². The highest BCUT2D eigenvalue weighted by molar-refractivity contribution is 4.85. The Balaban J connectivity index is 3.27. The molecule has 0 aliphatic rings. The van der Waals surface area contributed by atoms with E-state index in [9.17, 15) is 0 Å². The van der Waals surface area contributed by atoms with Crippen LogP contribution in [0.3, 0.4) is 0 Å². The van der Waals surface area contributed by atoms with Crippen LogP contribution in [0.1, 0.15) is 52.9 Å². The SMILES string of the molecule is CCCC=CC(C)CCCC. The molecule has 66 valence electrons. The van der Waals surface area contributed by atoms with Crippen molar-refractivity contribution in [3.63, 3.8) is 0 Å². The lowest BCUT2D eigenvalue weighted by Crippen LogP contribution is -1.88. The number of allylic oxidation sites excluding steroid dienone is 2. The first-order valence-corrected chi connectivity index (χ1v) is 4.97. The molecule has 0 aromatic heterocycles. The van der Waals surface area contributed by atoms with E-state index in [1.807, 2.05) is 0 Å². The zero-order chi connectivity index (χ0) is 8.53. The summed E-state index contributed by atoms with van der Waals surface area (Å²) in [4.78, 5) is 0. The molecule has 0 heteroatoms. The minimum Gasteiger partial charge on any atom is -0.0883 e. The van der Waals surface area contributed by atoms with Crippen LogP contribution in [0.25, 0.3) is 0 Å². The maximum absolute atomic E-state index is 2.36. The zero-order valence-corrected chi connectivity index (χ0v) is 8.27. The number of unbranched alkanes of at least 4 members (excludes halogenated alkanes) is 2. The van der Waals surface area contributed by atoms with Gasteiger partial charge in [-0.1, -0.05) is 52.2 Å². The molecule has 0 nitrogen and oxygen atoms in total. The highest BCUT2D eigenvalue weighted by Gasteiger charge is 1.93. The zero-order valence-electron chi connectivity index (χ0n) is 8.27. The van der Waals surface area contributed by atoms with Gasteiger partial charge in [-0.05, 0) is 18.8 Å². The Morgan fingerprint density at radius 1 is 1.18 bits per heavy atom. The van der Waals surface area contributed by atoms with Crippen molar-refractivity contribution in [2.24, 2.45) is 5.92 Å². The number of hydrogen-bond acceptors (Lipinski definition) is 0. The average Bonchev–Trinajstić information content (AvgIpc) is 2.01. The van der Waals surface area contributed by atoms with Crippen LogP contribution >= 0.6 is 0 Å². The predicted octanol–water partition coefficient (Wildman–Crippen LogP) is 4.17. The molecule has 1 atom stereocenters. The minimum absolute atomic E-state index is 0.793. The standard InChI is InChI=1S/C11H22/c1-4-6-8-10-11(3)9-7-5-2/h8,10-11H,4-7,9H2,1-3H3. The van der Waals surface area contributed by atoms with Crippen molar-refractivity contribution in [1.29, 1.82) is 0 Å². The first-order valence-electron chi connectivity index (χ1n) is 4.97. The lowest BCUT2D eigenvalue weighted by atomic mass is 10.0. The van der Waals surface area contributed by atoms with Crippen LogP contribution in [-0.4, -0.2) is 0 Å². The van der Waals surface area contributed by atoms with Gasteiger partial charge in [-0.3, -0.25) is 0 Å². The second-order valence-electron chi connectivity index (χ2n) is 3.34. The molecule has 0 amide bonds. The third kappa shape index (κ3) is 7.64. The quantitative estimate of drug-likeness (QED) is 0.504. The summed E-state index contributed by atoms with van der Waals surface area (Å²) in [5.41, 5.74) is 0. The van der Waals surface area contributed by atoms with Gasteiger partial charge in [0.25, 0.3) is 0 Å². The first kappa shape index (κ1) is 10.7. The van der Waals surface area contributed by atoms with E-state index in [0.29, 0.717) is 0 Å². The van der Waals surface area contributed by atoms with Crippen LogP contribution in [0.5, 0.6) is 0 Å². The van der Waals surface area contributed by atoms with Crippen LogP contribution in [0.15, 0.2) is 12.2 Å². The molecule has 0 radical (unpaired) electrons. The third-order valence-corrected chi connectivity index (χ3v) is 1.93.